The number of hydrogen-bond acceptors (Lipinski definition) is 4. The number of pyridine rings is 1. The molecule has 0 aliphatic carbocycles. The largest absolute Gasteiger partial charge is 0.494 e. The molecule has 0 bridgehead atoms. The second-order valence-corrected chi connectivity index (χ2v) is 4.96. The van der Waals surface area contributed by atoms with Crippen LogP contribution in [0.15, 0.2) is 54.9 Å². The molecule has 0 saturated carbocycles. The van der Waals surface area contributed by atoms with Gasteiger partial charge in [0.2, 0.25) is 0 Å². The second-order valence-electron chi connectivity index (χ2n) is 4.96. The van der Waals surface area contributed by atoms with E-state index in [1.54, 1.807) is 10.9 Å². The van der Waals surface area contributed by atoms with Crippen LogP contribution in [-0.2, 0) is 0 Å². The molecule has 2 aromatic heterocycles. The van der Waals surface area contributed by atoms with Crippen molar-refractivity contribution in [1.82, 2.24) is 20.0 Å². The van der Waals surface area contributed by atoms with Gasteiger partial charge in [0, 0.05) is 6.20 Å². The van der Waals surface area contributed by atoms with Gasteiger partial charge < -0.3 is 4.74 Å². The molecule has 0 radical (unpaired) electrons. The highest BCUT2D eigenvalue weighted by atomic mass is 16.5. The molecule has 5 heteroatoms. The highest BCUT2D eigenvalue weighted by Crippen LogP contribution is 2.18. The fraction of sp³-hybridized carbons (Fsp3) is 0.235. The van der Waals surface area contributed by atoms with E-state index in [1.165, 1.54) is 0 Å². The van der Waals surface area contributed by atoms with Gasteiger partial charge in [-0.25, -0.2) is 4.68 Å². The van der Waals surface area contributed by atoms with Crippen molar-refractivity contribution < 1.29 is 4.74 Å². The van der Waals surface area contributed by atoms with Gasteiger partial charge in [-0.05, 0) is 42.8 Å². The van der Waals surface area contributed by atoms with E-state index in [2.05, 4.69) is 22.2 Å². The van der Waals surface area contributed by atoms with Crippen LogP contribution in [0.3, 0.4) is 0 Å². The van der Waals surface area contributed by atoms with Gasteiger partial charge in [0.15, 0.2) is 0 Å². The van der Waals surface area contributed by atoms with Crippen LogP contribution in [0, 0.1) is 0 Å². The molecule has 22 heavy (non-hydrogen) atoms. The van der Waals surface area contributed by atoms with Crippen molar-refractivity contribution in [2.75, 3.05) is 6.61 Å². The third kappa shape index (κ3) is 3.31. The summed E-state index contributed by atoms with van der Waals surface area (Å²) in [4.78, 5) is 4.28. The molecule has 112 valence electrons. The molecule has 0 aliphatic rings. The Morgan fingerprint density at radius 3 is 2.64 bits per heavy atom. The van der Waals surface area contributed by atoms with Crippen molar-refractivity contribution in [3.8, 4) is 22.8 Å². The molecule has 1 aromatic carbocycles. The number of benzene rings is 1. The third-order valence-electron chi connectivity index (χ3n) is 3.29. The van der Waals surface area contributed by atoms with E-state index in [0.717, 1.165) is 42.3 Å². The molecule has 5 nitrogen and oxygen atoms in total. The fourth-order valence-corrected chi connectivity index (χ4v) is 2.05. The van der Waals surface area contributed by atoms with Crippen LogP contribution in [0.4, 0.5) is 0 Å². The lowest BCUT2D eigenvalue weighted by Crippen LogP contribution is -1.98. The zero-order valence-electron chi connectivity index (χ0n) is 12.5. The van der Waals surface area contributed by atoms with Crippen LogP contribution >= 0.6 is 0 Å². The van der Waals surface area contributed by atoms with E-state index in [1.807, 2.05) is 48.7 Å². The molecule has 0 saturated heterocycles. The van der Waals surface area contributed by atoms with E-state index in [0.29, 0.717) is 0 Å². The van der Waals surface area contributed by atoms with Crippen LogP contribution in [-0.4, -0.2) is 26.6 Å². The molecule has 0 fully saturated rings. The minimum atomic E-state index is 0.753. The highest BCUT2D eigenvalue weighted by Gasteiger charge is 2.06. The highest BCUT2D eigenvalue weighted by molar-refractivity contribution is 5.52. The normalized spacial score (nSPS) is 10.6. The number of nitrogens with zero attached hydrogens (tertiary/aromatic N) is 4. The lowest BCUT2D eigenvalue weighted by atomic mass is 10.3. The number of rotatable bonds is 6. The van der Waals surface area contributed by atoms with Crippen molar-refractivity contribution in [3.63, 3.8) is 0 Å². The summed E-state index contributed by atoms with van der Waals surface area (Å²) in [6.45, 7) is 2.90. The Labute approximate surface area is 129 Å². The molecular weight excluding hydrogens is 276 g/mol. The van der Waals surface area contributed by atoms with Crippen molar-refractivity contribution in [2.45, 2.75) is 19.8 Å². The predicted octanol–water partition coefficient (Wildman–Crippen LogP) is 3.51. The van der Waals surface area contributed by atoms with Gasteiger partial charge in [0.25, 0.3) is 0 Å². The van der Waals surface area contributed by atoms with Gasteiger partial charge in [0.05, 0.1) is 24.2 Å². The van der Waals surface area contributed by atoms with Gasteiger partial charge in [-0.15, -0.1) is 5.10 Å². The van der Waals surface area contributed by atoms with E-state index in [9.17, 15) is 0 Å². The quantitative estimate of drug-likeness (QED) is 0.653. The maximum absolute atomic E-state index is 5.66. The molecule has 3 aromatic rings. The molecule has 0 unspecified atom stereocenters. The number of aromatic nitrogens is 4. The van der Waals surface area contributed by atoms with E-state index in [4.69, 9.17) is 4.74 Å². The van der Waals surface area contributed by atoms with Crippen LogP contribution in [0.5, 0.6) is 5.75 Å². The molecule has 0 N–H and O–H groups in total. The maximum Gasteiger partial charge on any atom is 0.131 e. The maximum atomic E-state index is 5.66. The first-order chi connectivity index (χ1) is 10.9. The summed E-state index contributed by atoms with van der Waals surface area (Å²) in [5.41, 5.74) is 2.51. The van der Waals surface area contributed by atoms with Crippen molar-refractivity contribution in [3.05, 3.63) is 54.9 Å². The first-order valence-corrected chi connectivity index (χ1v) is 7.44. The van der Waals surface area contributed by atoms with Crippen LogP contribution in [0.25, 0.3) is 17.1 Å². The summed E-state index contributed by atoms with van der Waals surface area (Å²) < 4.78 is 7.39. The zero-order valence-corrected chi connectivity index (χ0v) is 12.5. The average molecular weight is 294 g/mol. The average Bonchev–Trinajstić information content (AvgIpc) is 3.07. The Morgan fingerprint density at radius 2 is 1.91 bits per heavy atom. The van der Waals surface area contributed by atoms with Gasteiger partial charge >= 0.3 is 0 Å². The number of hydrogen-bond donors (Lipinski definition) is 0. The zero-order chi connectivity index (χ0) is 15.2. The van der Waals surface area contributed by atoms with Gasteiger partial charge in [0.1, 0.15) is 11.4 Å². The van der Waals surface area contributed by atoms with Crippen molar-refractivity contribution in [1.29, 1.82) is 0 Å². The molecule has 0 spiro atoms. The van der Waals surface area contributed by atoms with E-state index >= 15 is 0 Å². The first-order valence-electron chi connectivity index (χ1n) is 7.44. The molecule has 0 amide bonds. The summed E-state index contributed by atoms with van der Waals surface area (Å²) >= 11 is 0. The molecule has 0 atom stereocenters. The van der Waals surface area contributed by atoms with Crippen LogP contribution < -0.4 is 4.74 Å². The summed E-state index contributed by atoms with van der Waals surface area (Å²) in [5.74, 6) is 0.877. The third-order valence-corrected chi connectivity index (χ3v) is 3.29. The summed E-state index contributed by atoms with van der Waals surface area (Å²) in [7, 11) is 0. The smallest absolute Gasteiger partial charge is 0.131 e. The van der Waals surface area contributed by atoms with Gasteiger partial charge in [-0.3, -0.25) is 4.98 Å². The van der Waals surface area contributed by atoms with Gasteiger partial charge in [-0.1, -0.05) is 24.6 Å². The monoisotopic (exact) mass is 294 g/mol. The van der Waals surface area contributed by atoms with Gasteiger partial charge in [-0.2, -0.15) is 0 Å². The number of unbranched alkanes of at least 4 members (excludes halogenated alkanes) is 1. The van der Waals surface area contributed by atoms with E-state index < -0.39 is 0 Å². The second kappa shape index (κ2) is 6.85. The van der Waals surface area contributed by atoms with Crippen molar-refractivity contribution >= 4 is 0 Å². The SMILES string of the molecule is CCCCOc1ccc(-n2cc(-c3ccccn3)nn2)cc1. The Hall–Kier alpha value is -2.69. The lowest BCUT2D eigenvalue weighted by Gasteiger charge is -2.06. The minimum absolute atomic E-state index is 0.753. The fourth-order valence-electron chi connectivity index (χ4n) is 2.05. The van der Waals surface area contributed by atoms with Crippen LogP contribution in [0.2, 0.25) is 0 Å². The Bertz CT molecular complexity index is 707. The summed E-state index contributed by atoms with van der Waals surface area (Å²) in [6.07, 6.45) is 5.82. The Morgan fingerprint density at radius 1 is 1.05 bits per heavy atom. The number of ether oxygens (including phenoxy) is 1. The molecule has 2 heterocycles. The summed E-state index contributed by atoms with van der Waals surface area (Å²) in [5, 5.41) is 8.32. The summed E-state index contributed by atoms with van der Waals surface area (Å²) in [6, 6.07) is 13.6. The molecule has 0 aliphatic heterocycles. The minimum Gasteiger partial charge on any atom is -0.494 e. The molecular formula is C17H18N4O. The topological polar surface area (TPSA) is 52.8 Å². The molecule has 3 rings (SSSR count). The Balaban J connectivity index is 1.73. The first kappa shape index (κ1) is 14.3. The Kier molecular flexibility index (Phi) is 4.44. The standard InChI is InChI=1S/C17H18N4O/c1-2-3-12-22-15-9-7-14(8-10-15)21-13-17(19-20-21)16-6-4-5-11-18-16/h4-11,13H,2-3,12H2,1H3. The van der Waals surface area contributed by atoms with Crippen LogP contribution in [0.1, 0.15) is 19.8 Å². The lowest BCUT2D eigenvalue weighted by molar-refractivity contribution is 0.309. The van der Waals surface area contributed by atoms with E-state index in [-0.39, 0.29) is 0 Å². The van der Waals surface area contributed by atoms with Crippen molar-refractivity contribution in [2.24, 2.45) is 0 Å². The predicted molar refractivity (Wildman–Crippen MR) is 85.0 cm³/mol.